The van der Waals surface area contributed by atoms with Crippen LogP contribution in [0.3, 0.4) is 0 Å². The van der Waals surface area contributed by atoms with E-state index in [1.165, 1.54) is 0 Å². The molecule has 11 heteroatoms. The Morgan fingerprint density at radius 1 is 1.03 bits per heavy atom. The summed E-state index contributed by atoms with van der Waals surface area (Å²) in [4.78, 5) is 20.8. The van der Waals surface area contributed by atoms with Crippen LogP contribution in [0.4, 0.5) is 0 Å². The van der Waals surface area contributed by atoms with E-state index >= 15 is 0 Å². The molecule has 0 unspecified atom stereocenters. The molecular formula is C23H21N7O3S. The molecule has 34 heavy (non-hydrogen) atoms. The fraction of sp³-hybridized carbons (Fsp3) is 0.174. The number of pyridine rings is 1. The normalized spacial score (nSPS) is 11.9. The molecule has 0 bridgehead atoms. The fourth-order valence-corrected chi connectivity index (χ4v) is 4.87. The summed E-state index contributed by atoms with van der Waals surface area (Å²) in [5, 5.41) is 13.4. The summed E-state index contributed by atoms with van der Waals surface area (Å²) in [5.74, 6) is 0.760. The first-order valence-electron chi connectivity index (χ1n) is 10.5. The second-order valence-electron chi connectivity index (χ2n) is 8.08. The van der Waals surface area contributed by atoms with E-state index in [9.17, 15) is 13.2 Å². The number of hydrogen-bond acceptors (Lipinski definition) is 7. The second-order valence-corrected chi connectivity index (χ2v) is 9.89. The van der Waals surface area contributed by atoms with Crippen LogP contribution in [0.2, 0.25) is 0 Å². The number of aromatic amines is 1. The molecule has 0 atom stereocenters. The first kappa shape index (κ1) is 21.9. The van der Waals surface area contributed by atoms with Gasteiger partial charge in [-0.2, -0.15) is 5.10 Å². The highest BCUT2D eigenvalue weighted by Gasteiger charge is 2.14. The molecule has 2 N–H and O–H groups in total. The third-order valence-electron chi connectivity index (χ3n) is 5.45. The molecule has 0 amide bonds. The van der Waals surface area contributed by atoms with Crippen LogP contribution in [0.5, 0.6) is 0 Å². The molecule has 0 aliphatic carbocycles. The van der Waals surface area contributed by atoms with Crippen molar-refractivity contribution in [3.8, 4) is 11.1 Å². The zero-order valence-corrected chi connectivity index (χ0v) is 19.3. The van der Waals surface area contributed by atoms with Crippen LogP contribution in [-0.2, 0) is 29.4 Å². The molecular weight excluding hydrogens is 454 g/mol. The van der Waals surface area contributed by atoms with Gasteiger partial charge >= 0.3 is 0 Å². The molecule has 0 saturated heterocycles. The van der Waals surface area contributed by atoms with Crippen molar-refractivity contribution >= 4 is 31.7 Å². The number of fused-ring (bicyclic) bond motifs is 2. The Labute approximate surface area is 194 Å². The molecule has 2 aromatic carbocycles. The lowest BCUT2D eigenvalue weighted by Gasteiger charge is -2.06. The predicted molar refractivity (Wildman–Crippen MR) is 128 cm³/mol. The molecule has 0 radical (unpaired) electrons. The van der Waals surface area contributed by atoms with Crippen LogP contribution in [0.25, 0.3) is 32.8 Å². The van der Waals surface area contributed by atoms with E-state index in [2.05, 4.69) is 30.0 Å². The van der Waals surface area contributed by atoms with Crippen molar-refractivity contribution in [2.75, 3.05) is 0 Å². The quantitative estimate of drug-likeness (QED) is 0.384. The SMILES string of the molecule is Cc1nnc(CNS(=O)(=O)Cc2ccc3ccc4ncc(-c5cnn(C)c5)cc4c(=O)c3c2)[nH]1. The van der Waals surface area contributed by atoms with Gasteiger partial charge in [0.15, 0.2) is 5.43 Å². The van der Waals surface area contributed by atoms with E-state index in [1.54, 1.807) is 54.3 Å². The van der Waals surface area contributed by atoms with Gasteiger partial charge in [0, 0.05) is 41.3 Å². The molecule has 3 aromatic heterocycles. The lowest BCUT2D eigenvalue weighted by molar-refractivity contribution is 0.578. The molecule has 172 valence electrons. The summed E-state index contributed by atoms with van der Waals surface area (Å²) < 4.78 is 29.4. The van der Waals surface area contributed by atoms with E-state index in [0.717, 1.165) is 11.1 Å². The van der Waals surface area contributed by atoms with Crippen molar-refractivity contribution in [1.82, 2.24) is 34.7 Å². The van der Waals surface area contributed by atoms with Gasteiger partial charge in [-0.1, -0.05) is 18.2 Å². The first-order valence-corrected chi connectivity index (χ1v) is 12.1. The van der Waals surface area contributed by atoms with E-state index in [4.69, 9.17) is 0 Å². The minimum Gasteiger partial charge on any atom is -0.328 e. The van der Waals surface area contributed by atoms with Crippen molar-refractivity contribution in [2.24, 2.45) is 7.05 Å². The average molecular weight is 476 g/mol. The van der Waals surface area contributed by atoms with Gasteiger partial charge in [-0.15, -0.1) is 10.2 Å². The summed E-state index contributed by atoms with van der Waals surface area (Å²) in [6, 6.07) is 10.5. The monoisotopic (exact) mass is 475 g/mol. The van der Waals surface area contributed by atoms with Gasteiger partial charge in [0.1, 0.15) is 11.6 Å². The standard InChI is InChI=1S/C23H21N7O3S/c1-14-27-22(29-28-14)11-26-34(32,33)13-15-3-4-16-5-6-21-20(23(31)19(16)7-15)8-17(9-24-21)18-10-25-30(2)12-18/h3-10,12,26H,11,13H2,1-2H3,(H,27,28,29). The van der Waals surface area contributed by atoms with Gasteiger partial charge in [0.2, 0.25) is 10.0 Å². The van der Waals surface area contributed by atoms with Crippen molar-refractivity contribution < 1.29 is 8.42 Å². The lowest BCUT2D eigenvalue weighted by Crippen LogP contribution is -2.25. The summed E-state index contributed by atoms with van der Waals surface area (Å²) in [6.45, 7) is 1.74. The zero-order valence-electron chi connectivity index (χ0n) is 18.5. The molecule has 5 rings (SSSR count). The number of aryl methyl sites for hydroxylation is 2. The first-order chi connectivity index (χ1) is 16.3. The summed E-state index contributed by atoms with van der Waals surface area (Å²) >= 11 is 0. The van der Waals surface area contributed by atoms with Crippen molar-refractivity contribution in [1.29, 1.82) is 0 Å². The van der Waals surface area contributed by atoms with Crippen molar-refractivity contribution in [3.05, 3.63) is 82.4 Å². The summed E-state index contributed by atoms with van der Waals surface area (Å²) in [7, 11) is -1.85. The number of nitrogens with zero attached hydrogens (tertiary/aromatic N) is 5. The topological polar surface area (TPSA) is 136 Å². The summed E-state index contributed by atoms with van der Waals surface area (Å²) in [5.41, 5.74) is 2.49. The second kappa shape index (κ2) is 8.43. The van der Waals surface area contributed by atoms with Crippen LogP contribution >= 0.6 is 0 Å². The minimum absolute atomic E-state index is 0.00590. The molecule has 3 heterocycles. The van der Waals surface area contributed by atoms with E-state index < -0.39 is 10.0 Å². The van der Waals surface area contributed by atoms with Crippen LogP contribution in [-0.4, -0.2) is 38.4 Å². The molecule has 0 fully saturated rings. The zero-order chi connectivity index (χ0) is 23.9. The number of H-pyrrole nitrogens is 1. The third-order valence-corrected chi connectivity index (χ3v) is 6.74. The third kappa shape index (κ3) is 4.43. The van der Waals surface area contributed by atoms with E-state index in [0.29, 0.717) is 38.9 Å². The maximum Gasteiger partial charge on any atom is 0.216 e. The van der Waals surface area contributed by atoms with Gasteiger partial charge in [-0.05, 0) is 36.1 Å². The minimum atomic E-state index is -3.67. The van der Waals surface area contributed by atoms with Crippen LogP contribution in [0, 0.1) is 6.92 Å². The van der Waals surface area contributed by atoms with Gasteiger partial charge in [-0.3, -0.25) is 14.5 Å². The Balaban J connectivity index is 1.51. The molecule has 0 saturated carbocycles. The number of rotatable bonds is 6. The van der Waals surface area contributed by atoms with Gasteiger partial charge in [0.05, 0.1) is 24.0 Å². The molecule has 10 nitrogen and oxygen atoms in total. The number of aromatic nitrogens is 6. The van der Waals surface area contributed by atoms with Gasteiger partial charge < -0.3 is 4.98 Å². The van der Waals surface area contributed by atoms with Crippen LogP contribution in [0.1, 0.15) is 17.2 Å². The number of nitrogens with one attached hydrogen (secondary N) is 2. The highest BCUT2D eigenvalue weighted by atomic mass is 32.2. The molecule has 0 aliphatic rings. The Morgan fingerprint density at radius 2 is 1.85 bits per heavy atom. The highest BCUT2D eigenvalue weighted by Crippen LogP contribution is 2.22. The number of hydrogen-bond donors (Lipinski definition) is 2. The van der Waals surface area contributed by atoms with E-state index in [-0.39, 0.29) is 17.7 Å². The summed E-state index contributed by atoms with van der Waals surface area (Å²) in [6.07, 6.45) is 5.28. The van der Waals surface area contributed by atoms with Crippen molar-refractivity contribution in [2.45, 2.75) is 19.2 Å². The molecule has 0 spiro atoms. The Morgan fingerprint density at radius 3 is 2.59 bits per heavy atom. The lowest BCUT2D eigenvalue weighted by atomic mass is 10.1. The Kier molecular flexibility index (Phi) is 5.42. The maximum absolute atomic E-state index is 13.5. The predicted octanol–water partition coefficient (Wildman–Crippen LogP) is 2.19. The number of benzene rings is 1. The van der Waals surface area contributed by atoms with Crippen LogP contribution < -0.4 is 10.2 Å². The highest BCUT2D eigenvalue weighted by molar-refractivity contribution is 7.88. The Hall–Kier alpha value is -3.96. The van der Waals surface area contributed by atoms with Crippen molar-refractivity contribution in [3.63, 3.8) is 0 Å². The average Bonchev–Trinajstić information content (AvgIpc) is 3.40. The van der Waals surface area contributed by atoms with Crippen LogP contribution in [0.15, 0.2) is 59.8 Å². The van der Waals surface area contributed by atoms with Gasteiger partial charge in [0.25, 0.3) is 0 Å². The van der Waals surface area contributed by atoms with Gasteiger partial charge in [-0.25, -0.2) is 13.1 Å². The molecule has 0 aliphatic heterocycles. The fourth-order valence-electron chi connectivity index (χ4n) is 3.79. The van der Waals surface area contributed by atoms with E-state index in [1.807, 2.05) is 19.3 Å². The Bertz CT molecular complexity index is 1710. The largest absolute Gasteiger partial charge is 0.328 e. The maximum atomic E-state index is 13.5. The number of sulfonamides is 1. The smallest absolute Gasteiger partial charge is 0.216 e. The molecule has 5 aromatic rings.